The minimum absolute atomic E-state index is 0.484. The molecule has 1 fully saturated rings. The van der Waals surface area contributed by atoms with Gasteiger partial charge >= 0.3 is 0 Å². The number of nitrogens with one attached hydrogen (secondary N) is 3. The van der Waals surface area contributed by atoms with E-state index < -0.39 is 0 Å². The zero-order valence-electron chi connectivity index (χ0n) is 13.3. The molecule has 0 atom stereocenters. The van der Waals surface area contributed by atoms with Gasteiger partial charge in [0, 0.05) is 30.1 Å². The molecule has 23 heavy (non-hydrogen) atoms. The molecule has 3 nitrogen and oxygen atoms in total. The minimum atomic E-state index is 0.484. The molecule has 1 aliphatic heterocycles. The Kier molecular flexibility index (Phi) is 5.61. The quantitative estimate of drug-likeness (QED) is 0.753. The molecule has 0 amide bonds. The molecular formula is C19H24N3S+. The highest BCUT2D eigenvalue weighted by atomic mass is 32.1. The molecule has 4 heteroatoms. The molecule has 1 heterocycles. The maximum absolute atomic E-state index is 5.42. The Hall–Kier alpha value is -1.91. The van der Waals surface area contributed by atoms with E-state index in [0.717, 1.165) is 17.3 Å². The summed E-state index contributed by atoms with van der Waals surface area (Å²) >= 11 is 5.42. The molecule has 2 aromatic carbocycles. The average Bonchev–Trinajstić information content (AvgIpc) is 2.58. The van der Waals surface area contributed by atoms with E-state index in [-0.39, 0.29) is 0 Å². The van der Waals surface area contributed by atoms with Crippen molar-refractivity contribution in [3.63, 3.8) is 0 Å². The minimum Gasteiger partial charge on any atom is -0.359 e. The van der Waals surface area contributed by atoms with Crippen LogP contribution in [0.25, 0.3) is 0 Å². The summed E-state index contributed by atoms with van der Waals surface area (Å²) in [5.41, 5.74) is 2.47. The number of hydrogen-bond donors (Lipinski definition) is 3. The first-order valence-electron chi connectivity index (χ1n) is 8.29. The third-order valence-electron chi connectivity index (χ3n) is 4.36. The Morgan fingerprint density at radius 3 is 2.22 bits per heavy atom. The molecular weight excluding hydrogens is 302 g/mol. The molecule has 0 spiro atoms. The Morgan fingerprint density at radius 1 is 0.957 bits per heavy atom. The van der Waals surface area contributed by atoms with Crippen molar-refractivity contribution in [2.45, 2.75) is 25.4 Å². The number of hydrogen-bond acceptors (Lipinski definition) is 1. The lowest BCUT2D eigenvalue weighted by atomic mass is 10.0. The first kappa shape index (κ1) is 16.0. The van der Waals surface area contributed by atoms with Crippen molar-refractivity contribution in [3.05, 3.63) is 66.2 Å². The molecule has 3 rings (SSSR count). The van der Waals surface area contributed by atoms with Gasteiger partial charge in [-0.15, -0.1) is 0 Å². The van der Waals surface area contributed by atoms with E-state index in [0.29, 0.717) is 6.04 Å². The fourth-order valence-electron chi connectivity index (χ4n) is 3.11. The van der Waals surface area contributed by atoms with Gasteiger partial charge in [0.2, 0.25) is 0 Å². The summed E-state index contributed by atoms with van der Waals surface area (Å²) in [5, 5.41) is 7.44. The number of anilines is 1. The molecule has 0 bridgehead atoms. The standard InChI is InChI=1S/C19H23N3S/c23-19(20-17-9-5-2-6-10-17)21-18-11-13-22(14-12-18)15-16-7-3-1-4-8-16/h1-10,18H,11-15H2,(H2,20,21,23)/p+1. The lowest BCUT2D eigenvalue weighted by Gasteiger charge is -2.30. The van der Waals surface area contributed by atoms with Gasteiger partial charge in [0.15, 0.2) is 5.11 Å². The summed E-state index contributed by atoms with van der Waals surface area (Å²) in [6.07, 6.45) is 2.33. The first-order valence-corrected chi connectivity index (χ1v) is 8.70. The molecule has 0 saturated carbocycles. The third kappa shape index (κ3) is 5.05. The fourth-order valence-corrected chi connectivity index (χ4v) is 3.39. The van der Waals surface area contributed by atoms with E-state index in [1.807, 2.05) is 30.3 Å². The highest BCUT2D eigenvalue weighted by Gasteiger charge is 2.22. The predicted molar refractivity (Wildman–Crippen MR) is 99.7 cm³/mol. The summed E-state index contributed by atoms with van der Waals surface area (Å²) < 4.78 is 0. The van der Waals surface area contributed by atoms with Gasteiger partial charge in [-0.3, -0.25) is 0 Å². The molecule has 3 N–H and O–H groups in total. The van der Waals surface area contributed by atoms with Gasteiger partial charge in [-0.1, -0.05) is 48.5 Å². The Labute approximate surface area is 143 Å². The summed E-state index contributed by atoms with van der Waals surface area (Å²) in [5.74, 6) is 0. The normalized spacial score (nSPS) is 20.7. The second-order valence-electron chi connectivity index (χ2n) is 6.15. The molecule has 0 radical (unpaired) electrons. The molecule has 0 aliphatic carbocycles. The van der Waals surface area contributed by atoms with Crippen molar-refractivity contribution < 1.29 is 4.90 Å². The summed E-state index contributed by atoms with van der Waals surface area (Å²) in [4.78, 5) is 1.66. The van der Waals surface area contributed by atoms with Crippen LogP contribution in [-0.2, 0) is 6.54 Å². The maximum atomic E-state index is 5.42. The van der Waals surface area contributed by atoms with Crippen LogP contribution >= 0.6 is 12.2 Å². The van der Waals surface area contributed by atoms with Crippen LogP contribution in [0.3, 0.4) is 0 Å². The number of para-hydroxylation sites is 1. The number of piperidine rings is 1. The van der Waals surface area contributed by atoms with Crippen LogP contribution in [0.4, 0.5) is 5.69 Å². The van der Waals surface area contributed by atoms with E-state index in [4.69, 9.17) is 12.2 Å². The second kappa shape index (κ2) is 8.09. The fraction of sp³-hybridized carbons (Fsp3) is 0.316. The number of quaternary nitrogens is 1. The van der Waals surface area contributed by atoms with Crippen molar-refractivity contribution in [3.8, 4) is 0 Å². The van der Waals surface area contributed by atoms with Crippen molar-refractivity contribution >= 4 is 23.0 Å². The van der Waals surface area contributed by atoms with Gasteiger partial charge in [0.25, 0.3) is 0 Å². The first-order chi connectivity index (χ1) is 11.3. The van der Waals surface area contributed by atoms with Crippen molar-refractivity contribution in [2.75, 3.05) is 18.4 Å². The number of benzene rings is 2. The topological polar surface area (TPSA) is 28.5 Å². The predicted octanol–water partition coefficient (Wildman–Crippen LogP) is 2.22. The van der Waals surface area contributed by atoms with E-state index in [1.165, 1.54) is 31.5 Å². The zero-order chi connectivity index (χ0) is 15.9. The van der Waals surface area contributed by atoms with Gasteiger partial charge in [-0.25, -0.2) is 0 Å². The number of thiocarbonyl (C=S) groups is 1. The van der Waals surface area contributed by atoms with Crippen LogP contribution in [0.2, 0.25) is 0 Å². The third-order valence-corrected chi connectivity index (χ3v) is 4.58. The Morgan fingerprint density at radius 2 is 1.57 bits per heavy atom. The van der Waals surface area contributed by atoms with Gasteiger partial charge in [-0.05, 0) is 24.4 Å². The average molecular weight is 326 g/mol. The van der Waals surface area contributed by atoms with Gasteiger partial charge in [0.05, 0.1) is 13.1 Å². The van der Waals surface area contributed by atoms with E-state index in [1.54, 1.807) is 4.90 Å². The van der Waals surface area contributed by atoms with Crippen LogP contribution in [0, 0.1) is 0 Å². The molecule has 0 aromatic heterocycles. The van der Waals surface area contributed by atoms with E-state index >= 15 is 0 Å². The SMILES string of the molecule is S=C(Nc1ccccc1)NC1CC[NH+](Cc2ccccc2)CC1. The molecule has 1 aliphatic rings. The number of likely N-dealkylation sites (tertiary alicyclic amines) is 1. The highest BCUT2D eigenvalue weighted by molar-refractivity contribution is 7.80. The Balaban J connectivity index is 1.41. The largest absolute Gasteiger partial charge is 0.359 e. The van der Waals surface area contributed by atoms with Crippen LogP contribution in [0.5, 0.6) is 0 Å². The number of rotatable bonds is 4. The van der Waals surface area contributed by atoms with E-state index in [2.05, 4.69) is 41.0 Å². The van der Waals surface area contributed by atoms with Crippen molar-refractivity contribution in [2.24, 2.45) is 0 Å². The van der Waals surface area contributed by atoms with Crippen LogP contribution in [0.15, 0.2) is 60.7 Å². The molecule has 2 aromatic rings. The van der Waals surface area contributed by atoms with Crippen molar-refractivity contribution in [1.82, 2.24) is 5.32 Å². The molecule has 1 saturated heterocycles. The highest BCUT2D eigenvalue weighted by Crippen LogP contribution is 2.06. The summed E-state index contributed by atoms with van der Waals surface area (Å²) in [6.45, 7) is 3.52. The smallest absolute Gasteiger partial charge is 0.171 e. The second-order valence-corrected chi connectivity index (χ2v) is 6.56. The molecule has 120 valence electrons. The lowest BCUT2D eigenvalue weighted by molar-refractivity contribution is -0.918. The van der Waals surface area contributed by atoms with Crippen LogP contribution in [0.1, 0.15) is 18.4 Å². The van der Waals surface area contributed by atoms with E-state index in [9.17, 15) is 0 Å². The van der Waals surface area contributed by atoms with Crippen LogP contribution < -0.4 is 15.5 Å². The van der Waals surface area contributed by atoms with Gasteiger partial charge < -0.3 is 15.5 Å². The Bertz CT molecular complexity index is 607. The van der Waals surface area contributed by atoms with Crippen LogP contribution in [-0.4, -0.2) is 24.2 Å². The maximum Gasteiger partial charge on any atom is 0.171 e. The van der Waals surface area contributed by atoms with Crippen molar-refractivity contribution in [1.29, 1.82) is 0 Å². The summed E-state index contributed by atoms with van der Waals surface area (Å²) in [6, 6.07) is 21.3. The monoisotopic (exact) mass is 326 g/mol. The molecule has 0 unspecified atom stereocenters. The lowest BCUT2D eigenvalue weighted by Crippen LogP contribution is -3.12. The van der Waals surface area contributed by atoms with Gasteiger partial charge in [0.1, 0.15) is 6.54 Å². The zero-order valence-corrected chi connectivity index (χ0v) is 14.1. The van der Waals surface area contributed by atoms with Gasteiger partial charge in [-0.2, -0.15) is 0 Å². The summed E-state index contributed by atoms with van der Waals surface area (Å²) in [7, 11) is 0.